The van der Waals surface area contributed by atoms with E-state index in [2.05, 4.69) is 15.3 Å². The molecular formula is C12H8ClF2N3O. The summed E-state index contributed by atoms with van der Waals surface area (Å²) >= 11 is 5.55. The quantitative estimate of drug-likeness (QED) is 0.881. The topological polar surface area (TPSA) is 54.9 Å². The molecule has 0 aliphatic heterocycles. The van der Waals surface area contributed by atoms with Crippen molar-refractivity contribution in [3.63, 3.8) is 0 Å². The van der Waals surface area contributed by atoms with Crippen molar-refractivity contribution in [3.05, 3.63) is 52.9 Å². The first kappa shape index (κ1) is 13.4. The molecule has 2 aromatic rings. The molecule has 0 saturated heterocycles. The minimum Gasteiger partial charge on any atom is -0.310 e. The van der Waals surface area contributed by atoms with E-state index < -0.39 is 24.0 Å². The second-order valence-electron chi connectivity index (χ2n) is 3.64. The van der Waals surface area contributed by atoms with Crippen molar-refractivity contribution in [2.45, 2.75) is 6.42 Å². The van der Waals surface area contributed by atoms with Crippen molar-refractivity contribution < 1.29 is 13.6 Å². The number of halogens is 3. The minimum atomic E-state index is -0.768. The maximum absolute atomic E-state index is 13.3. The van der Waals surface area contributed by atoms with Gasteiger partial charge in [-0.15, -0.1) is 0 Å². The van der Waals surface area contributed by atoms with Gasteiger partial charge in [0.25, 0.3) is 0 Å². The Kier molecular flexibility index (Phi) is 4.01. The summed E-state index contributed by atoms with van der Waals surface area (Å²) in [6.45, 7) is 0. The van der Waals surface area contributed by atoms with Gasteiger partial charge in [-0.3, -0.25) is 4.79 Å². The Morgan fingerprint density at radius 3 is 2.58 bits per heavy atom. The summed E-state index contributed by atoms with van der Waals surface area (Å²) < 4.78 is 26.7. The van der Waals surface area contributed by atoms with Crippen LogP contribution in [-0.4, -0.2) is 15.9 Å². The van der Waals surface area contributed by atoms with Crippen LogP contribution >= 0.6 is 11.6 Å². The largest absolute Gasteiger partial charge is 0.310 e. The van der Waals surface area contributed by atoms with Crippen LogP contribution in [0.3, 0.4) is 0 Å². The summed E-state index contributed by atoms with van der Waals surface area (Å²) in [5.41, 5.74) is -0.292. The summed E-state index contributed by atoms with van der Waals surface area (Å²) in [5.74, 6) is -1.97. The number of rotatable bonds is 3. The van der Waals surface area contributed by atoms with Gasteiger partial charge in [0.15, 0.2) is 0 Å². The molecule has 0 aliphatic rings. The van der Waals surface area contributed by atoms with Crippen LogP contribution in [0.2, 0.25) is 5.28 Å². The Balaban J connectivity index is 2.10. The molecule has 0 fully saturated rings. The average Bonchev–Trinajstić information content (AvgIpc) is 2.34. The molecule has 0 saturated carbocycles. The molecule has 0 atom stereocenters. The van der Waals surface area contributed by atoms with Gasteiger partial charge in [0.1, 0.15) is 17.5 Å². The van der Waals surface area contributed by atoms with Crippen LogP contribution in [0.5, 0.6) is 0 Å². The molecule has 0 unspecified atom stereocenters. The fourth-order valence-electron chi connectivity index (χ4n) is 1.45. The number of carbonyl (C=O) groups excluding carboxylic acids is 1. The molecule has 4 nitrogen and oxygen atoms in total. The summed E-state index contributed by atoms with van der Waals surface area (Å²) in [4.78, 5) is 19.0. The van der Waals surface area contributed by atoms with E-state index in [4.69, 9.17) is 11.6 Å². The summed E-state index contributed by atoms with van der Waals surface area (Å²) in [6.07, 6.45) is 0.925. The summed E-state index contributed by atoms with van der Waals surface area (Å²) in [5, 5.41) is 2.35. The molecular weight excluding hydrogens is 276 g/mol. The van der Waals surface area contributed by atoms with E-state index in [9.17, 15) is 13.6 Å². The first-order chi connectivity index (χ1) is 9.06. The molecule has 1 aromatic carbocycles. The number of aromatic nitrogens is 2. The van der Waals surface area contributed by atoms with Crippen LogP contribution in [0.25, 0.3) is 0 Å². The fraction of sp³-hybridized carbons (Fsp3) is 0.0833. The van der Waals surface area contributed by atoms with Gasteiger partial charge in [0, 0.05) is 11.8 Å². The molecule has 0 bridgehead atoms. The fourth-order valence-corrected chi connectivity index (χ4v) is 1.60. The Labute approximate surface area is 112 Å². The number of nitrogens with zero attached hydrogens (tertiary/aromatic N) is 2. The van der Waals surface area contributed by atoms with E-state index >= 15 is 0 Å². The van der Waals surface area contributed by atoms with Gasteiger partial charge in [0.05, 0.1) is 6.42 Å². The van der Waals surface area contributed by atoms with Gasteiger partial charge in [0.2, 0.25) is 11.2 Å². The Hall–Kier alpha value is -2.08. The van der Waals surface area contributed by atoms with Gasteiger partial charge in [-0.2, -0.15) is 0 Å². The van der Waals surface area contributed by atoms with Crippen LogP contribution < -0.4 is 5.32 Å². The summed E-state index contributed by atoms with van der Waals surface area (Å²) in [6, 6.07) is 4.83. The SMILES string of the molecule is O=C(Cc1c(F)cccc1F)Nc1ccnc(Cl)n1. The third kappa shape index (κ3) is 3.45. The van der Waals surface area contributed by atoms with Gasteiger partial charge in [-0.05, 0) is 29.8 Å². The highest BCUT2D eigenvalue weighted by atomic mass is 35.5. The highest BCUT2D eigenvalue weighted by Crippen LogP contribution is 2.13. The maximum atomic E-state index is 13.3. The number of benzene rings is 1. The zero-order chi connectivity index (χ0) is 13.8. The van der Waals surface area contributed by atoms with E-state index in [1.165, 1.54) is 18.3 Å². The molecule has 98 valence electrons. The van der Waals surface area contributed by atoms with Crippen LogP contribution in [0.1, 0.15) is 5.56 Å². The van der Waals surface area contributed by atoms with Gasteiger partial charge < -0.3 is 5.32 Å². The van der Waals surface area contributed by atoms with Gasteiger partial charge in [-0.1, -0.05) is 6.07 Å². The van der Waals surface area contributed by atoms with E-state index in [1.54, 1.807) is 0 Å². The molecule has 1 aromatic heterocycles. The second kappa shape index (κ2) is 5.71. The number of amides is 1. The van der Waals surface area contributed by atoms with Crippen molar-refractivity contribution in [2.75, 3.05) is 5.32 Å². The van der Waals surface area contributed by atoms with Gasteiger partial charge in [-0.25, -0.2) is 18.7 Å². The lowest BCUT2D eigenvalue weighted by Gasteiger charge is -2.06. The Bertz CT molecular complexity index is 601. The zero-order valence-corrected chi connectivity index (χ0v) is 10.3. The van der Waals surface area contributed by atoms with E-state index in [-0.39, 0.29) is 16.7 Å². The molecule has 0 radical (unpaired) electrons. The zero-order valence-electron chi connectivity index (χ0n) is 9.53. The van der Waals surface area contributed by atoms with Crippen molar-refractivity contribution in [2.24, 2.45) is 0 Å². The molecule has 1 heterocycles. The molecule has 1 amide bonds. The predicted octanol–water partition coefficient (Wildman–Crippen LogP) is 2.59. The van der Waals surface area contributed by atoms with E-state index in [0.717, 1.165) is 12.1 Å². The number of hydrogen-bond acceptors (Lipinski definition) is 3. The lowest BCUT2D eigenvalue weighted by Crippen LogP contribution is -2.17. The minimum absolute atomic E-state index is 0.0325. The van der Waals surface area contributed by atoms with E-state index in [1.807, 2.05) is 0 Å². The third-order valence-corrected chi connectivity index (χ3v) is 2.47. The standard InChI is InChI=1S/C12H8ClF2N3O/c13-12-16-5-4-10(18-12)17-11(19)6-7-8(14)2-1-3-9(7)15/h1-5H,6H2,(H,16,17,18,19). The van der Waals surface area contributed by atoms with E-state index in [0.29, 0.717) is 0 Å². The second-order valence-corrected chi connectivity index (χ2v) is 3.97. The number of nitrogens with one attached hydrogen (secondary N) is 1. The Morgan fingerprint density at radius 2 is 1.95 bits per heavy atom. The smallest absolute Gasteiger partial charge is 0.230 e. The van der Waals surface area contributed by atoms with Crippen molar-refractivity contribution in [3.8, 4) is 0 Å². The monoisotopic (exact) mass is 283 g/mol. The normalized spacial score (nSPS) is 10.3. The highest BCUT2D eigenvalue weighted by molar-refractivity contribution is 6.28. The van der Waals surface area contributed by atoms with Crippen LogP contribution in [-0.2, 0) is 11.2 Å². The van der Waals surface area contributed by atoms with Crippen molar-refractivity contribution >= 4 is 23.3 Å². The van der Waals surface area contributed by atoms with Crippen molar-refractivity contribution in [1.29, 1.82) is 0 Å². The predicted molar refractivity (Wildman–Crippen MR) is 65.7 cm³/mol. The molecule has 0 aliphatic carbocycles. The lowest BCUT2D eigenvalue weighted by molar-refractivity contribution is -0.115. The van der Waals surface area contributed by atoms with Crippen LogP contribution in [0.4, 0.5) is 14.6 Å². The molecule has 7 heteroatoms. The maximum Gasteiger partial charge on any atom is 0.230 e. The first-order valence-corrected chi connectivity index (χ1v) is 5.65. The summed E-state index contributed by atoms with van der Waals surface area (Å²) in [7, 11) is 0. The first-order valence-electron chi connectivity index (χ1n) is 5.27. The van der Waals surface area contributed by atoms with Crippen LogP contribution in [0.15, 0.2) is 30.5 Å². The van der Waals surface area contributed by atoms with Crippen LogP contribution in [0, 0.1) is 11.6 Å². The number of hydrogen-bond donors (Lipinski definition) is 1. The molecule has 0 spiro atoms. The van der Waals surface area contributed by atoms with Crippen molar-refractivity contribution in [1.82, 2.24) is 9.97 Å². The number of anilines is 1. The van der Waals surface area contributed by atoms with Gasteiger partial charge >= 0.3 is 0 Å². The molecule has 2 rings (SSSR count). The lowest BCUT2D eigenvalue weighted by atomic mass is 10.1. The third-order valence-electron chi connectivity index (χ3n) is 2.29. The molecule has 1 N–H and O–H groups in total. The number of carbonyl (C=O) groups is 1. The average molecular weight is 284 g/mol. The highest BCUT2D eigenvalue weighted by Gasteiger charge is 2.13. The molecule has 19 heavy (non-hydrogen) atoms. The Morgan fingerprint density at radius 1 is 1.26 bits per heavy atom.